The van der Waals surface area contributed by atoms with Crippen LogP contribution < -0.4 is 0 Å². The van der Waals surface area contributed by atoms with Crippen LogP contribution in [0.3, 0.4) is 0 Å². The third-order valence-corrected chi connectivity index (χ3v) is 5.86. The second-order valence-electron chi connectivity index (χ2n) is 7.64. The highest BCUT2D eigenvalue weighted by Crippen LogP contribution is 2.40. The van der Waals surface area contributed by atoms with Gasteiger partial charge in [-0.3, -0.25) is 0 Å². The number of rotatable bonds is 5. The number of hydrogen-bond acceptors (Lipinski definition) is 4. The van der Waals surface area contributed by atoms with Gasteiger partial charge in [0.25, 0.3) is 0 Å². The van der Waals surface area contributed by atoms with Crippen LogP contribution >= 0.6 is 0 Å². The minimum atomic E-state index is -0.532. The molecule has 0 aliphatic carbocycles. The zero-order valence-corrected chi connectivity index (χ0v) is 18.0. The Labute approximate surface area is 185 Å². The molecular weight excluding hydrogens is 400 g/mol. The van der Waals surface area contributed by atoms with Gasteiger partial charge in [0.05, 0.1) is 24.3 Å². The molecule has 0 amide bonds. The van der Waals surface area contributed by atoms with Crippen LogP contribution in [0.25, 0.3) is 43.4 Å². The van der Waals surface area contributed by atoms with Crippen molar-refractivity contribution in [1.82, 2.24) is 0 Å². The van der Waals surface area contributed by atoms with Crippen molar-refractivity contribution in [1.29, 1.82) is 0 Å². The summed E-state index contributed by atoms with van der Waals surface area (Å²) in [4.78, 5) is 25.7. The normalized spacial score (nSPS) is 11.3. The van der Waals surface area contributed by atoms with E-state index in [4.69, 9.17) is 9.47 Å². The van der Waals surface area contributed by atoms with E-state index in [1.54, 1.807) is 26.0 Å². The minimum Gasteiger partial charge on any atom is -0.462 e. The summed E-state index contributed by atoms with van der Waals surface area (Å²) in [7, 11) is 0. The summed E-state index contributed by atoms with van der Waals surface area (Å²) in [5.41, 5.74) is 1.99. The van der Waals surface area contributed by atoms with Crippen molar-refractivity contribution in [3.8, 4) is 11.1 Å². The summed E-state index contributed by atoms with van der Waals surface area (Å²) < 4.78 is 10.6. The molecule has 0 spiro atoms. The maximum Gasteiger partial charge on any atom is 0.339 e. The number of carbonyl (C=O) groups is 2. The quantitative estimate of drug-likeness (QED) is 0.236. The predicted molar refractivity (Wildman–Crippen MR) is 127 cm³/mol. The van der Waals surface area contributed by atoms with Crippen LogP contribution in [0.1, 0.15) is 34.6 Å². The first-order valence-electron chi connectivity index (χ1n) is 10.8. The van der Waals surface area contributed by atoms with Crippen molar-refractivity contribution in [3.63, 3.8) is 0 Å². The fraction of sp³-hybridized carbons (Fsp3) is 0.143. The van der Waals surface area contributed by atoms with Gasteiger partial charge in [-0.15, -0.1) is 0 Å². The molecule has 5 aromatic rings. The van der Waals surface area contributed by atoms with Crippen molar-refractivity contribution in [2.45, 2.75) is 13.8 Å². The van der Waals surface area contributed by atoms with Gasteiger partial charge in [-0.1, -0.05) is 66.7 Å². The molecule has 32 heavy (non-hydrogen) atoms. The monoisotopic (exact) mass is 422 g/mol. The summed E-state index contributed by atoms with van der Waals surface area (Å²) in [5.74, 6) is -1.06. The number of benzene rings is 5. The van der Waals surface area contributed by atoms with Crippen LogP contribution in [0.15, 0.2) is 72.8 Å². The Kier molecular flexibility index (Phi) is 4.98. The summed E-state index contributed by atoms with van der Waals surface area (Å²) in [6.45, 7) is 3.94. The van der Waals surface area contributed by atoms with Crippen LogP contribution in [0.2, 0.25) is 0 Å². The third-order valence-electron chi connectivity index (χ3n) is 5.86. The minimum absolute atomic E-state index is 0.216. The summed E-state index contributed by atoms with van der Waals surface area (Å²) in [5, 5.41) is 6.84. The molecule has 0 fully saturated rings. The summed E-state index contributed by atoms with van der Waals surface area (Å²) in [6, 6.07) is 24.1. The number of carbonyl (C=O) groups excluding carboxylic acids is 2. The van der Waals surface area contributed by atoms with Crippen molar-refractivity contribution >= 4 is 44.3 Å². The molecule has 0 aliphatic rings. The van der Waals surface area contributed by atoms with Gasteiger partial charge in [0.15, 0.2) is 0 Å². The molecule has 5 rings (SSSR count). The molecule has 0 aliphatic heterocycles. The maximum absolute atomic E-state index is 13.0. The number of hydrogen-bond donors (Lipinski definition) is 0. The van der Waals surface area contributed by atoms with E-state index in [1.165, 1.54) is 16.2 Å². The fourth-order valence-corrected chi connectivity index (χ4v) is 4.55. The van der Waals surface area contributed by atoms with Crippen LogP contribution in [0.5, 0.6) is 0 Å². The van der Waals surface area contributed by atoms with Gasteiger partial charge in [-0.25, -0.2) is 9.59 Å². The Morgan fingerprint density at radius 2 is 1.22 bits per heavy atom. The lowest BCUT2D eigenvalue weighted by Crippen LogP contribution is -2.15. The molecule has 0 aromatic heterocycles. The van der Waals surface area contributed by atoms with Gasteiger partial charge in [0.1, 0.15) is 0 Å². The largest absolute Gasteiger partial charge is 0.462 e. The van der Waals surface area contributed by atoms with E-state index in [-0.39, 0.29) is 24.3 Å². The molecule has 0 radical (unpaired) electrons. The molecule has 158 valence electrons. The smallest absolute Gasteiger partial charge is 0.339 e. The zero-order chi connectivity index (χ0) is 22.2. The lowest BCUT2D eigenvalue weighted by Gasteiger charge is -2.17. The summed E-state index contributed by atoms with van der Waals surface area (Å²) >= 11 is 0. The average Bonchev–Trinajstić information content (AvgIpc) is 2.82. The Bertz CT molecular complexity index is 1470. The number of esters is 2. The second-order valence-corrected chi connectivity index (χ2v) is 7.64. The summed E-state index contributed by atoms with van der Waals surface area (Å²) in [6.07, 6.45) is 0. The van der Waals surface area contributed by atoms with Gasteiger partial charge in [0, 0.05) is 0 Å². The van der Waals surface area contributed by atoms with E-state index in [0.29, 0.717) is 5.56 Å². The predicted octanol–water partition coefficient (Wildman–Crippen LogP) is 6.60. The van der Waals surface area contributed by atoms with Crippen LogP contribution in [-0.4, -0.2) is 25.2 Å². The third kappa shape index (κ3) is 3.07. The van der Waals surface area contributed by atoms with Crippen LogP contribution in [0.4, 0.5) is 0 Å². The highest BCUT2D eigenvalue weighted by molar-refractivity contribution is 6.26. The Morgan fingerprint density at radius 3 is 1.94 bits per heavy atom. The highest BCUT2D eigenvalue weighted by atomic mass is 16.5. The molecule has 0 atom stereocenters. The first kappa shape index (κ1) is 20.0. The Morgan fingerprint density at radius 1 is 0.625 bits per heavy atom. The molecular formula is C28H22O4. The lowest BCUT2D eigenvalue weighted by atomic mass is 9.87. The van der Waals surface area contributed by atoms with E-state index in [2.05, 4.69) is 48.5 Å². The number of ether oxygens (including phenoxy) is 2. The second kappa shape index (κ2) is 7.97. The van der Waals surface area contributed by atoms with E-state index in [0.717, 1.165) is 21.7 Å². The molecule has 5 aromatic carbocycles. The van der Waals surface area contributed by atoms with E-state index in [1.807, 2.05) is 12.1 Å². The van der Waals surface area contributed by atoms with Gasteiger partial charge in [0.2, 0.25) is 0 Å². The lowest BCUT2D eigenvalue weighted by molar-refractivity contribution is 0.0479. The average molecular weight is 422 g/mol. The standard InChI is InChI=1S/C28H22O4/c1-3-31-27(29)23-10-6-9-21(26(23)28(30)32-4-2)20-15-13-19-12-11-17-7-5-8-18-14-16-22(20)25(19)24(17)18/h5-16H,3-4H2,1-2H3. The molecule has 0 unspecified atom stereocenters. The van der Waals surface area contributed by atoms with Gasteiger partial charge in [-0.05, 0) is 63.4 Å². The molecule has 4 heteroatoms. The first-order valence-corrected chi connectivity index (χ1v) is 10.8. The van der Waals surface area contributed by atoms with Crippen LogP contribution in [-0.2, 0) is 9.47 Å². The van der Waals surface area contributed by atoms with Gasteiger partial charge < -0.3 is 9.47 Å². The SMILES string of the molecule is CCOC(=O)c1cccc(-c2ccc3ccc4cccc5ccc2c3c45)c1C(=O)OCC. The Balaban J connectivity index is 1.85. The molecule has 0 saturated carbocycles. The van der Waals surface area contributed by atoms with Gasteiger partial charge >= 0.3 is 11.9 Å². The molecule has 0 bridgehead atoms. The molecule has 0 heterocycles. The maximum atomic E-state index is 13.0. The molecule has 0 N–H and O–H groups in total. The fourth-order valence-electron chi connectivity index (χ4n) is 4.55. The van der Waals surface area contributed by atoms with Crippen LogP contribution in [0, 0.1) is 0 Å². The molecule has 4 nitrogen and oxygen atoms in total. The van der Waals surface area contributed by atoms with E-state index >= 15 is 0 Å². The first-order chi connectivity index (χ1) is 15.6. The van der Waals surface area contributed by atoms with E-state index < -0.39 is 11.9 Å². The van der Waals surface area contributed by atoms with Crippen molar-refractivity contribution in [2.75, 3.05) is 13.2 Å². The molecule has 0 saturated heterocycles. The highest BCUT2D eigenvalue weighted by Gasteiger charge is 2.25. The topological polar surface area (TPSA) is 52.6 Å². The van der Waals surface area contributed by atoms with Crippen molar-refractivity contribution in [3.05, 3.63) is 83.9 Å². The van der Waals surface area contributed by atoms with E-state index in [9.17, 15) is 9.59 Å². The van der Waals surface area contributed by atoms with Crippen molar-refractivity contribution < 1.29 is 19.1 Å². The zero-order valence-electron chi connectivity index (χ0n) is 18.0. The van der Waals surface area contributed by atoms with Crippen molar-refractivity contribution in [2.24, 2.45) is 0 Å². The Hall–Kier alpha value is -3.92. The van der Waals surface area contributed by atoms with Gasteiger partial charge in [-0.2, -0.15) is 0 Å².